The molecule has 2 N–H and O–H groups in total. The van der Waals surface area contributed by atoms with Crippen LogP contribution in [-0.4, -0.2) is 22.5 Å². The molecule has 0 unspecified atom stereocenters. The first kappa shape index (κ1) is 11.5. The molecule has 0 atom stereocenters. The highest BCUT2D eigenvalue weighted by atomic mass is 16.4. The van der Waals surface area contributed by atoms with Crippen LogP contribution < -0.4 is 5.32 Å². The number of nitriles is 1. The maximum atomic E-state index is 11.2. The minimum absolute atomic E-state index is 0.283. The fraction of sp³-hybridized carbons (Fsp3) is 0.700. The van der Waals surface area contributed by atoms with Crippen LogP contribution in [0.25, 0.3) is 0 Å². The summed E-state index contributed by atoms with van der Waals surface area (Å²) in [6.45, 7) is 0. The van der Waals surface area contributed by atoms with E-state index in [2.05, 4.69) is 5.32 Å². The molecule has 82 valence electrons. The molecule has 5 nitrogen and oxygen atoms in total. The minimum Gasteiger partial charge on any atom is -0.480 e. The average Bonchev–Trinajstić information content (AvgIpc) is 2.19. The van der Waals surface area contributed by atoms with Crippen LogP contribution in [0.4, 0.5) is 0 Å². The van der Waals surface area contributed by atoms with Crippen LogP contribution in [0.1, 0.15) is 38.5 Å². The summed E-state index contributed by atoms with van der Waals surface area (Å²) < 4.78 is 0. The smallest absolute Gasteiger partial charge is 0.329 e. The highest BCUT2D eigenvalue weighted by Gasteiger charge is 2.40. The summed E-state index contributed by atoms with van der Waals surface area (Å²) in [5, 5.41) is 19.9. The summed E-state index contributed by atoms with van der Waals surface area (Å²) in [6.07, 6.45) is 3.25. The molecule has 1 rings (SSSR count). The molecule has 1 saturated carbocycles. The summed E-state index contributed by atoms with van der Waals surface area (Å²) in [5.41, 5.74) is -1.13. The third-order valence-electron chi connectivity index (χ3n) is 2.73. The molecular formula is C10H14N2O3. The van der Waals surface area contributed by atoms with Crippen molar-refractivity contribution in [2.75, 3.05) is 0 Å². The standard InChI is InChI=1S/C10H14N2O3/c11-7-4-8(13)12-10(9(14)15)5-2-1-3-6-10/h1-6H2,(H,12,13)(H,14,15). The molecule has 0 aromatic heterocycles. The van der Waals surface area contributed by atoms with Gasteiger partial charge in [0.05, 0.1) is 6.07 Å². The van der Waals surface area contributed by atoms with Crippen molar-refractivity contribution in [2.45, 2.75) is 44.1 Å². The van der Waals surface area contributed by atoms with Crippen LogP contribution in [0.5, 0.6) is 0 Å². The predicted octanol–water partition coefficient (Wildman–Crippen LogP) is 0.804. The Bertz CT molecular complexity index is 300. The van der Waals surface area contributed by atoms with Gasteiger partial charge in [0, 0.05) is 0 Å². The van der Waals surface area contributed by atoms with E-state index in [1.165, 1.54) is 0 Å². The molecule has 1 amide bonds. The molecule has 0 aromatic rings. The highest BCUT2D eigenvalue weighted by Crippen LogP contribution is 2.28. The number of carboxylic acids is 1. The lowest BCUT2D eigenvalue weighted by Crippen LogP contribution is -2.55. The number of amides is 1. The van der Waals surface area contributed by atoms with Gasteiger partial charge >= 0.3 is 5.97 Å². The number of carbonyl (C=O) groups excluding carboxylic acids is 1. The van der Waals surface area contributed by atoms with E-state index in [1.54, 1.807) is 6.07 Å². The third-order valence-corrected chi connectivity index (χ3v) is 2.73. The van der Waals surface area contributed by atoms with Gasteiger partial charge in [-0.05, 0) is 12.8 Å². The number of hydrogen-bond donors (Lipinski definition) is 2. The van der Waals surface area contributed by atoms with Crippen molar-refractivity contribution in [2.24, 2.45) is 0 Å². The zero-order chi connectivity index (χ0) is 11.3. The van der Waals surface area contributed by atoms with Gasteiger partial charge in [-0.25, -0.2) is 4.79 Å². The van der Waals surface area contributed by atoms with Gasteiger partial charge in [0.15, 0.2) is 0 Å². The molecule has 0 spiro atoms. The molecule has 0 radical (unpaired) electrons. The van der Waals surface area contributed by atoms with Crippen LogP contribution in [-0.2, 0) is 9.59 Å². The van der Waals surface area contributed by atoms with E-state index in [-0.39, 0.29) is 6.42 Å². The van der Waals surface area contributed by atoms with Crippen molar-refractivity contribution in [1.82, 2.24) is 5.32 Å². The number of nitrogens with one attached hydrogen (secondary N) is 1. The first-order valence-electron chi connectivity index (χ1n) is 5.02. The molecule has 1 fully saturated rings. The molecule has 1 aliphatic carbocycles. The first-order valence-corrected chi connectivity index (χ1v) is 5.02. The van der Waals surface area contributed by atoms with E-state index in [0.29, 0.717) is 12.8 Å². The molecular weight excluding hydrogens is 196 g/mol. The second kappa shape index (κ2) is 4.78. The summed E-state index contributed by atoms with van der Waals surface area (Å²) in [4.78, 5) is 22.3. The van der Waals surface area contributed by atoms with Crippen molar-refractivity contribution >= 4 is 11.9 Å². The molecule has 5 heteroatoms. The molecule has 0 bridgehead atoms. The maximum absolute atomic E-state index is 11.2. The Labute approximate surface area is 88.1 Å². The Morgan fingerprint density at radius 2 is 1.93 bits per heavy atom. The zero-order valence-electron chi connectivity index (χ0n) is 8.45. The van der Waals surface area contributed by atoms with E-state index in [9.17, 15) is 9.59 Å². The fourth-order valence-electron chi connectivity index (χ4n) is 1.93. The first-order chi connectivity index (χ1) is 7.10. The van der Waals surface area contributed by atoms with Crippen LogP contribution in [0, 0.1) is 11.3 Å². The monoisotopic (exact) mass is 210 g/mol. The lowest BCUT2D eigenvalue weighted by molar-refractivity contribution is -0.149. The fourth-order valence-corrected chi connectivity index (χ4v) is 1.93. The quantitative estimate of drug-likeness (QED) is 0.721. The summed E-state index contributed by atoms with van der Waals surface area (Å²) in [6, 6.07) is 1.71. The molecule has 15 heavy (non-hydrogen) atoms. The van der Waals surface area contributed by atoms with Crippen molar-refractivity contribution in [3.63, 3.8) is 0 Å². The lowest BCUT2D eigenvalue weighted by atomic mass is 9.81. The second-order valence-electron chi connectivity index (χ2n) is 3.83. The number of hydrogen-bond acceptors (Lipinski definition) is 3. The molecule has 0 heterocycles. The van der Waals surface area contributed by atoms with Crippen LogP contribution in [0.3, 0.4) is 0 Å². The average molecular weight is 210 g/mol. The van der Waals surface area contributed by atoms with Crippen molar-refractivity contribution in [3.8, 4) is 6.07 Å². The van der Waals surface area contributed by atoms with Crippen molar-refractivity contribution < 1.29 is 14.7 Å². The maximum Gasteiger partial charge on any atom is 0.329 e. The van der Waals surface area contributed by atoms with E-state index in [1.807, 2.05) is 0 Å². The van der Waals surface area contributed by atoms with E-state index in [0.717, 1.165) is 19.3 Å². The van der Waals surface area contributed by atoms with Crippen molar-refractivity contribution in [1.29, 1.82) is 5.26 Å². The largest absolute Gasteiger partial charge is 0.480 e. The third kappa shape index (κ3) is 2.69. The van der Waals surface area contributed by atoms with Gasteiger partial charge < -0.3 is 10.4 Å². The highest BCUT2D eigenvalue weighted by molar-refractivity contribution is 5.87. The van der Waals surface area contributed by atoms with E-state index >= 15 is 0 Å². The van der Waals surface area contributed by atoms with Gasteiger partial charge in [-0.1, -0.05) is 19.3 Å². The Kier molecular flexibility index (Phi) is 3.67. The number of rotatable bonds is 3. The normalized spacial score (nSPS) is 18.9. The predicted molar refractivity (Wildman–Crippen MR) is 51.8 cm³/mol. The number of nitrogens with zero attached hydrogens (tertiary/aromatic N) is 1. The number of carboxylic acid groups (broad SMARTS) is 1. The summed E-state index contributed by atoms with van der Waals surface area (Å²) >= 11 is 0. The minimum atomic E-state index is -1.13. The Morgan fingerprint density at radius 1 is 1.33 bits per heavy atom. The Hall–Kier alpha value is -1.57. The van der Waals surface area contributed by atoms with Gasteiger partial charge in [0.2, 0.25) is 5.91 Å². The summed E-state index contributed by atoms with van der Waals surface area (Å²) in [7, 11) is 0. The lowest BCUT2D eigenvalue weighted by Gasteiger charge is -2.33. The second-order valence-corrected chi connectivity index (χ2v) is 3.83. The molecule has 1 aliphatic rings. The van der Waals surface area contributed by atoms with Gasteiger partial charge in [-0.2, -0.15) is 5.26 Å². The molecule has 0 aromatic carbocycles. The van der Waals surface area contributed by atoms with E-state index in [4.69, 9.17) is 10.4 Å². The number of aliphatic carboxylic acids is 1. The topological polar surface area (TPSA) is 90.2 Å². The summed E-state index contributed by atoms with van der Waals surface area (Å²) in [5.74, 6) is -1.49. The number of carbonyl (C=O) groups is 2. The van der Waals surface area contributed by atoms with Crippen LogP contribution >= 0.6 is 0 Å². The van der Waals surface area contributed by atoms with Gasteiger partial charge in [-0.3, -0.25) is 4.79 Å². The van der Waals surface area contributed by atoms with Gasteiger partial charge in [-0.15, -0.1) is 0 Å². The van der Waals surface area contributed by atoms with Gasteiger partial charge in [0.25, 0.3) is 0 Å². The van der Waals surface area contributed by atoms with Crippen LogP contribution in [0.15, 0.2) is 0 Å². The van der Waals surface area contributed by atoms with Crippen molar-refractivity contribution in [3.05, 3.63) is 0 Å². The Morgan fingerprint density at radius 3 is 2.40 bits per heavy atom. The Balaban J connectivity index is 2.69. The van der Waals surface area contributed by atoms with E-state index < -0.39 is 17.4 Å². The van der Waals surface area contributed by atoms with Gasteiger partial charge in [0.1, 0.15) is 12.0 Å². The SMILES string of the molecule is N#CCC(=O)NC1(C(=O)O)CCCCC1. The zero-order valence-corrected chi connectivity index (χ0v) is 8.45. The molecule has 0 saturated heterocycles. The molecule has 0 aliphatic heterocycles. The van der Waals surface area contributed by atoms with Crippen LogP contribution in [0.2, 0.25) is 0 Å².